The third-order valence-electron chi connectivity index (χ3n) is 9.24. The van der Waals surface area contributed by atoms with Gasteiger partial charge in [0.2, 0.25) is 5.95 Å². The quantitative estimate of drug-likeness (QED) is 0.544. The number of anilines is 1. The second kappa shape index (κ2) is 9.01. The number of para-hydroxylation sites is 1. The SMILES string of the molecule is COc1ccccc1C(=O)N1c2nc(C3CCCCC3)nn2C2(CCCCC2)[C@@H]2CCCC[C@@H]21. The zero-order chi connectivity index (χ0) is 23.1. The number of fused-ring (bicyclic) bond motifs is 4. The summed E-state index contributed by atoms with van der Waals surface area (Å²) in [5.41, 5.74) is 0.651. The highest BCUT2D eigenvalue weighted by molar-refractivity contribution is 6.07. The molecule has 2 aromatic rings. The fraction of sp³-hybridized carbons (Fsp3) is 0.679. The zero-order valence-electron chi connectivity index (χ0n) is 20.5. The molecule has 2 atom stereocenters. The molecule has 0 bridgehead atoms. The molecule has 6 heteroatoms. The summed E-state index contributed by atoms with van der Waals surface area (Å²) in [6.45, 7) is 0. The average molecular weight is 463 g/mol. The Kier molecular flexibility index (Phi) is 5.86. The summed E-state index contributed by atoms with van der Waals surface area (Å²) in [6, 6.07) is 7.83. The molecule has 1 spiro atoms. The van der Waals surface area contributed by atoms with Gasteiger partial charge in [0.25, 0.3) is 5.91 Å². The van der Waals surface area contributed by atoms with E-state index >= 15 is 0 Å². The van der Waals surface area contributed by atoms with Crippen LogP contribution in [0, 0.1) is 5.92 Å². The van der Waals surface area contributed by atoms with Gasteiger partial charge in [0.05, 0.1) is 18.2 Å². The molecule has 3 fully saturated rings. The molecule has 0 saturated heterocycles. The van der Waals surface area contributed by atoms with Gasteiger partial charge in [-0.1, -0.05) is 63.5 Å². The van der Waals surface area contributed by atoms with E-state index in [-0.39, 0.29) is 17.5 Å². The number of carbonyl (C=O) groups is 1. The minimum atomic E-state index is 0.0175. The number of nitrogens with zero attached hydrogens (tertiary/aromatic N) is 4. The van der Waals surface area contributed by atoms with Crippen LogP contribution < -0.4 is 9.64 Å². The Bertz CT molecular complexity index is 1030. The molecule has 4 aliphatic rings. The third-order valence-corrected chi connectivity index (χ3v) is 9.24. The molecule has 1 aromatic heterocycles. The third kappa shape index (κ3) is 3.47. The first-order valence-corrected chi connectivity index (χ1v) is 13.7. The van der Waals surface area contributed by atoms with E-state index in [9.17, 15) is 4.79 Å². The Labute approximate surface area is 203 Å². The molecule has 0 radical (unpaired) electrons. The van der Waals surface area contributed by atoms with Crippen molar-refractivity contribution in [3.63, 3.8) is 0 Å². The maximum absolute atomic E-state index is 14.2. The highest BCUT2D eigenvalue weighted by Gasteiger charge is 2.55. The van der Waals surface area contributed by atoms with Gasteiger partial charge in [-0.3, -0.25) is 9.69 Å². The molecule has 182 valence electrons. The minimum Gasteiger partial charge on any atom is -0.496 e. The first-order valence-electron chi connectivity index (χ1n) is 13.7. The van der Waals surface area contributed by atoms with Gasteiger partial charge in [0.15, 0.2) is 5.82 Å². The lowest BCUT2D eigenvalue weighted by Gasteiger charge is -2.55. The molecular formula is C28H38N4O2. The number of aromatic nitrogens is 3. The number of rotatable bonds is 3. The molecule has 3 aliphatic carbocycles. The van der Waals surface area contributed by atoms with Crippen LogP contribution in [0.2, 0.25) is 0 Å². The summed E-state index contributed by atoms with van der Waals surface area (Å²) >= 11 is 0. The van der Waals surface area contributed by atoms with Gasteiger partial charge < -0.3 is 4.74 Å². The van der Waals surface area contributed by atoms with Crippen molar-refractivity contribution in [1.82, 2.24) is 14.8 Å². The van der Waals surface area contributed by atoms with Gasteiger partial charge in [-0.25, -0.2) is 4.68 Å². The maximum Gasteiger partial charge on any atom is 0.264 e. The van der Waals surface area contributed by atoms with Gasteiger partial charge in [-0.2, -0.15) is 10.1 Å². The van der Waals surface area contributed by atoms with Gasteiger partial charge in [-0.05, 0) is 50.7 Å². The molecule has 0 N–H and O–H groups in total. The Morgan fingerprint density at radius 1 is 0.941 bits per heavy atom. The molecule has 6 rings (SSSR count). The number of hydrogen-bond acceptors (Lipinski definition) is 4. The lowest BCUT2D eigenvalue weighted by molar-refractivity contribution is 0.0309. The number of amides is 1. The standard InChI is InChI=1S/C28H38N4O2/c1-34-24-17-9-6-14-21(24)26(33)31-23-16-8-7-15-22(23)28(18-10-3-11-19-28)32-27(31)29-25(30-32)20-12-4-2-5-13-20/h6,9,14,17,20,22-23H,2-5,7-8,10-13,15-16,18-19H2,1H3/t22-,23+/m1/s1. The smallest absolute Gasteiger partial charge is 0.264 e. The van der Waals surface area contributed by atoms with E-state index < -0.39 is 0 Å². The van der Waals surface area contributed by atoms with Gasteiger partial charge in [-0.15, -0.1) is 0 Å². The monoisotopic (exact) mass is 462 g/mol. The van der Waals surface area contributed by atoms with Crippen LogP contribution in [0.1, 0.15) is 112 Å². The van der Waals surface area contributed by atoms with E-state index in [1.165, 1.54) is 83.5 Å². The minimum absolute atomic E-state index is 0.0175. The average Bonchev–Trinajstić information content (AvgIpc) is 3.36. The van der Waals surface area contributed by atoms with Crippen LogP contribution in [0.3, 0.4) is 0 Å². The van der Waals surface area contributed by atoms with E-state index in [0.29, 0.717) is 23.1 Å². The number of carbonyl (C=O) groups excluding carboxylic acids is 1. The normalized spacial score (nSPS) is 26.7. The highest BCUT2D eigenvalue weighted by atomic mass is 16.5. The Hall–Kier alpha value is -2.37. The predicted octanol–water partition coefficient (Wildman–Crippen LogP) is 6.21. The highest BCUT2D eigenvalue weighted by Crippen LogP contribution is 2.53. The van der Waals surface area contributed by atoms with Crippen LogP contribution in [0.25, 0.3) is 0 Å². The molecule has 6 nitrogen and oxygen atoms in total. The van der Waals surface area contributed by atoms with Crippen LogP contribution >= 0.6 is 0 Å². The summed E-state index contributed by atoms with van der Waals surface area (Å²) in [4.78, 5) is 21.5. The van der Waals surface area contributed by atoms with Crippen LogP contribution in [-0.2, 0) is 5.54 Å². The number of ether oxygens (including phenoxy) is 1. The van der Waals surface area contributed by atoms with E-state index in [2.05, 4.69) is 4.68 Å². The largest absolute Gasteiger partial charge is 0.496 e. The lowest BCUT2D eigenvalue weighted by atomic mass is 9.64. The summed E-state index contributed by atoms with van der Waals surface area (Å²) in [5.74, 6) is 3.32. The van der Waals surface area contributed by atoms with Gasteiger partial charge in [0, 0.05) is 17.9 Å². The van der Waals surface area contributed by atoms with Crippen molar-refractivity contribution < 1.29 is 9.53 Å². The fourth-order valence-electron chi connectivity index (χ4n) is 7.60. The van der Waals surface area contributed by atoms with Crippen molar-refractivity contribution in [2.45, 2.75) is 107 Å². The number of methoxy groups -OCH3 is 1. The van der Waals surface area contributed by atoms with E-state index in [4.69, 9.17) is 14.8 Å². The fourth-order valence-corrected chi connectivity index (χ4v) is 7.60. The van der Waals surface area contributed by atoms with Crippen LogP contribution in [-0.4, -0.2) is 33.8 Å². The van der Waals surface area contributed by atoms with Crippen molar-refractivity contribution in [3.05, 3.63) is 35.7 Å². The van der Waals surface area contributed by atoms with Crippen molar-refractivity contribution in [2.24, 2.45) is 5.92 Å². The molecule has 3 saturated carbocycles. The van der Waals surface area contributed by atoms with Crippen molar-refractivity contribution >= 4 is 11.9 Å². The lowest BCUT2D eigenvalue weighted by Crippen LogP contribution is -2.61. The summed E-state index contributed by atoms with van der Waals surface area (Å²) in [5, 5.41) is 5.29. The number of hydrogen-bond donors (Lipinski definition) is 0. The predicted molar refractivity (Wildman–Crippen MR) is 132 cm³/mol. The first kappa shape index (κ1) is 22.1. The molecule has 1 aliphatic heterocycles. The number of benzene rings is 1. The summed E-state index contributed by atoms with van der Waals surface area (Å²) in [7, 11) is 1.65. The second-order valence-electron chi connectivity index (χ2n) is 11.0. The zero-order valence-corrected chi connectivity index (χ0v) is 20.5. The van der Waals surface area contributed by atoms with Crippen molar-refractivity contribution in [1.29, 1.82) is 0 Å². The molecular weight excluding hydrogens is 424 g/mol. The molecule has 2 heterocycles. The van der Waals surface area contributed by atoms with Gasteiger partial charge in [0.1, 0.15) is 5.75 Å². The Morgan fingerprint density at radius 2 is 1.65 bits per heavy atom. The maximum atomic E-state index is 14.2. The molecule has 0 unspecified atom stereocenters. The second-order valence-corrected chi connectivity index (χ2v) is 11.0. The van der Waals surface area contributed by atoms with Crippen LogP contribution in [0.4, 0.5) is 5.95 Å². The summed E-state index contributed by atoms with van der Waals surface area (Å²) in [6.07, 6.45) is 17.0. The van der Waals surface area contributed by atoms with E-state index in [1.54, 1.807) is 7.11 Å². The molecule has 1 amide bonds. The molecule has 1 aromatic carbocycles. The van der Waals surface area contributed by atoms with Crippen LogP contribution in [0.15, 0.2) is 24.3 Å². The van der Waals surface area contributed by atoms with Crippen LogP contribution in [0.5, 0.6) is 5.75 Å². The molecule has 34 heavy (non-hydrogen) atoms. The Morgan fingerprint density at radius 3 is 2.44 bits per heavy atom. The first-order chi connectivity index (χ1) is 16.7. The Balaban J connectivity index is 1.50. The summed E-state index contributed by atoms with van der Waals surface area (Å²) < 4.78 is 7.87. The van der Waals surface area contributed by atoms with E-state index in [0.717, 1.165) is 18.2 Å². The van der Waals surface area contributed by atoms with Crippen molar-refractivity contribution in [2.75, 3.05) is 12.0 Å². The van der Waals surface area contributed by atoms with Crippen molar-refractivity contribution in [3.8, 4) is 5.75 Å². The van der Waals surface area contributed by atoms with Gasteiger partial charge >= 0.3 is 0 Å². The van der Waals surface area contributed by atoms with E-state index in [1.807, 2.05) is 29.2 Å². The topological polar surface area (TPSA) is 60.2 Å².